The van der Waals surface area contributed by atoms with Gasteiger partial charge in [-0.25, -0.2) is 14.8 Å². The van der Waals surface area contributed by atoms with Gasteiger partial charge in [-0.1, -0.05) is 17.7 Å². The molecule has 0 aliphatic carbocycles. The highest BCUT2D eigenvalue weighted by Gasteiger charge is 2.34. The van der Waals surface area contributed by atoms with Crippen molar-refractivity contribution in [3.05, 3.63) is 71.1 Å². The van der Waals surface area contributed by atoms with E-state index in [1.807, 2.05) is 11.9 Å². The fourth-order valence-electron chi connectivity index (χ4n) is 4.55. The second-order valence-electron chi connectivity index (χ2n) is 9.61. The van der Waals surface area contributed by atoms with Crippen LogP contribution in [0.5, 0.6) is 11.5 Å². The zero-order chi connectivity index (χ0) is 29.1. The molecule has 1 saturated heterocycles. The van der Waals surface area contributed by atoms with Crippen LogP contribution in [0, 0.1) is 0 Å². The second kappa shape index (κ2) is 11.9. The molecule has 4 heterocycles. The number of aromatic nitrogens is 3. The van der Waals surface area contributed by atoms with E-state index in [0.717, 1.165) is 19.2 Å². The smallest absolute Gasteiger partial charge is 0.416 e. The maximum Gasteiger partial charge on any atom is 0.416 e. The number of hydrogen-bond acceptors (Lipinski definition) is 7. The first-order valence-corrected chi connectivity index (χ1v) is 13.1. The highest BCUT2D eigenvalue weighted by molar-refractivity contribution is 6.36. The number of carbonyl (C=O) groups is 1. The van der Waals surface area contributed by atoms with E-state index in [2.05, 4.69) is 25.5 Å². The van der Waals surface area contributed by atoms with Crippen molar-refractivity contribution >= 4 is 40.2 Å². The summed E-state index contributed by atoms with van der Waals surface area (Å²) >= 11 is 6.28. The first-order valence-electron chi connectivity index (χ1n) is 12.7. The quantitative estimate of drug-likeness (QED) is 0.271. The van der Waals surface area contributed by atoms with Crippen molar-refractivity contribution in [3.8, 4) is 11.5 Å². The minimum atomic E-state index is -4.57. The lowest BCUT2D eigenvalue weighted by atomic mass is 10.0. The van der Waals surface area contributed by atoms with Crippen LogP contribution >= 0.6 is 11.6 Å². The van der Waals surface area contributed by atoms with E-state index in [-0.39, 0.29) is 30.3 Å². The van der Waals surface area contributed by atoms with Crippen molar-refractivity contribution < 1.29 is 27.8 Å². The molecule has 1 fully saturated rings. The Balaban J connectivity index is 1.23. The molecule has 3 N–H and O–H groups in total. The van der Waals surface area contributed by atoms with Crippen molar-refractivity contribution in [1.82, 2.24) is 24.3 Å². The monoisotopic (exact) mass is 589 g/mol. The van der Waals surface area contributed by atoms with Crippen LogP contribution in [0.2, 0.25) is 5.02 Å². The molecule has 0 unspecified atom stereocenters. The van der Waals surface area contributed by atoms with Gasteiger partial charge in [-0.2, -0.15) is 13.2 Å². The van der Waals surface area contributed by atoms with Gasteiger partial charge in [0.2, 0.25) is 0 Å². The van der Waals surface area contributed by atoms with Crippen LogP contribution in [0.1, 0.15) is 11.1 Å². The van der Waals surface area contributed by atoms with E-state index in [1.165, 1.54) is 41.4 Å². The molecule has 1 aromatic carbocycles. The van der Waals surface area contributed by atoms with E-state index in [0.29, 0.717) is 40.6 Å². The highest BCUT2D eigenvalue weighted by Crippen LogP contribution is 2.36. The van der Waals surface area contributed by atoms with Gasteiger partial charge in [0.15, 0.2) is 0 Å². The number of hydrogen-bond donors (Lipinski definition) is 3. The molecular formula is C27H27ClF3N7O3. The lowest BCUT2D eigenvalue weighted by Gasteiger charge is -2.33. The predicted molar refractivity (Wildman–Crippen MR) is 148 cm³/mol. The van der Waals surface area contributed by atoms with Crippen molar-refractivity contribution in [1.29, 1.82) is 0 Å². The zero-order valence-corrected chi connectivity index (χ0v) is 22.7. The maximum absolute atomic E-state index is 13.9. The molecule has 0 saturated carbocycles. The standard InChI is InChI=1S/C27H27ClF3N7O3/c1-36-8-10-37(11-9-36)14-17-2-3-18(12-20(17)27(29,30)31)34-26(40)35-23-5-4-19(13-33-23)41-22-6-7-32-25-24(22)21(28)15-38(25)16-39/h2-7,12-13,15,39H,8-11,14,16H2,1H3,(H2,33,34,35,40). The summed E-state index contributed by atoms with van der Waals surface area (Å²) in [6.07, 6.45) is -0.155. The van der Waals surface area contributed by atoms with Crippen molar-refractivity contribution in [2.24, 2.45) is 0 Å². The number of pyridine rings is 2. The average Bonchev–Trinajstić information content (AvgIpc) is 3.27. The Kier molecular flexibility index (Phi) is 8.31. The number of urea groups is 1. The molecule has 4 aromatic rings. The molecule has 1 aliphatic rings. The number of amides is 2. The van der Waals surface area contributed by atoms with E-state index < -0.39 is 17.8 Å². The number of ether oxygens (including phenoxy) is 1. The zero-order valence-electron chi connectivity index (χ0n) is 22.0. The van der Waals surface area contributed by atoms with Crippen molar-refractivity contribution in [2.75, 3.05) is 43.9 Å². The van der Waals surface area contributed by atoms with E-state index in [9.17, 15) is 23.1 Å². The first-order chi connectivity index (χ1) is 19.6. The van der Waals surface area contributed by atoms with Crippen LogP contribution in [0.4, 0.5) is 29.5 Å². The summed E-state index contributed by atoms with van der Waals surface area (Å²) in [6, 6.07) is 7.70. The normalized spacial score (nSPS) is 14.8. The van der Waals surface area contributed by atoms with Crippen molar-refractivity contribution in [3.63, 3.8) is 0 Å². The third kappa shape index (κ3) is 6.70. The molecule has 10 nitrogen and oxygen atoms in total. The molecule has 0 radical (unpaired) electrons. The van der Waals surface area contributed by atoms with Gasteiger partial charge in [0.05, 0.1) is 22.2 Å². The van der Waals surface area contributed by atoms with Crippen molar-refractivity contribution in [2.45, 2.75) is 19.5 Å². The van der Waals surface area contributed by atoms with Gasteiger partial charge in [-0.3, -0.25) is 10.2 Å². The molecule has 216 valence electrons. The van der Waals surface area contributed by atoms with Crippen LogP contribution in [0.15, 0.2) is 55.0 Å². The van der Waals surface area contributed by atoms with Gasteiger partial charge in [0.1, 0.15) is 29.7 Å². The molecule has 2 amide bonds. The first kappa shape index (κ1) is 28.6. The number of rotatable bonds is 7. The summed E-state index contributed by atoms with van der Waals surface area (Å²) in [5.74, 6) is 0.882. The topological polar surface area (TPSA) is 108 Å². The molecular weight excluding hydrogens is 563 g/mol. The Morgan fingerprint density at radius 1 is 1.10 bits per heavy atom. The van der Waals surface area contributed by atoms with Crippen LogP contribution in [0.3, 0.4) is 0 Å². The highest BCUT2D eigenvalue weighted by atomic mass is 35.5. The fraction of sp³-hybridized carbons (Fsp3) is 0.296. The molecule has 5 rings (SSSR count). The Bertz CT molecular complexity index is 1540. The summed E-state index contributed by atoms with van der Waals surface area (Å²) < 4.78 is 48.9. The Hall–Kier alpha value is -3.91. The number of fused-ring (bicyclic) bond motifs is 1. The van der Waals surface area contributed by atoms with Gasteiger partial charge in [-0.15, -0.1) is 0 Å². The van der Waals surface area contributed by atoms with Gasteiger partial charge in [-0.05, 0) is 42.9 Å². The molecule has 3 aromatic heterocycles. The number of nitrogens with one attached hydrogen (secondary N) is 2. The second-order valence-corrected chi connectivity index (χ2v) is 10.0. The average molecular weight is 590 g/mol. The van der Waals surface area contributed by atoms with E-state index >= 15 is 0 Å². The lowest BCUT2D eigenvalue weighted by molar-refractivity contribution is -0.138. The summed E-state index contributed by atoms with van der Waals surface area (Å²) in [5.41, 5.74) is -0.177. The summed E-state index contributed by atoms with van der Waals surface area (Å²) in [7, 11) is 1.98. The third-order valence-corrected chi connectivity index (χ3v) is 6.98. The SMILES string of the molecule is CN1CCN(Cc2ccc(NC(=O)Nc3ccc(Oc4ccnc5c4c(Cl)cn5CO)cn3)cc2C(F)(F)F)CC1. The number of piperazine rings is 1. The van der Waals surface area contributed by atoms with Gasteiger partial charge in [0, 0.05) is 50.8 Å². The Morgan fingerprint density at radius 2 is 1.88 bits per heavy atom. The summed E-state index contributed by atoms with van der Waals surface area (Å²) in [5, 5.41) is 15.3. The summed E-state index contributed by atoms with van der Waals surface area (Å²) in [6.45, 7) is 2.84. The minimum Gasteiger partial charge on any atom is -0.455 e. The number of anilines is 2. The number of nitrogens with zero attached hydrogens (tertiary/aromatic N) is 5. The predicted octanol–water partition coefficient (Wildman–Crippen LogP) is 5.24. The summed E-state index contributed by atoms with van der Waals surface area (Å²) in [4.78, 5) is 25.0. The number of benzene rings is 1. The largest absolute Gasteiger partial charge is 0.455 e. The van der Waals surface area contributed by atoms with Gasteiger partial charge in [0.25, 0.3) is 0 Å². The molecule has 14 heteroatoms. The Labute approximate surface area is 238 Å². The van der Waals surface area contributed by atoms with E-state index in [1.54, 1.807) is 12.1 Å². The minimum absolute atomic E-state index is 0.00491. The lowest BCUT2D eigenvalue weighted by Crippen LogP contribution is -2.44. The third-order valence-electron chi connectivity index (χ3n) is 6.69. The van der Waals surface area contributed by atoms with Crippen LogP contribution in [0.25, 0.3) is 11.0 Å². The molecule has 0 atom stereocenters. The van der Waals surface area contributed by atoms with Crippen LogP contribution in [-0.4, -0.2) is 68.7 Å². The van der Waals surface area contributed by atoms with Crippen LogP contribution < -0.4 is 15.4 Å². The number of carbonyl (C=O) groups excluding carboxylic acids is 1. The maximum atomic E-state index is 13.9. The number of aliphatic hydroxyl groups excluding tert-OH is 1. The number of alkyl halides is 3. The Morgan fingerprint density at radius 3 is 2.56 bits per heavy atom. The molecule has 41 heavy (non-hydrogen) atoms. The van der Waals surface area contributed by atoms with E-state index in [4.69, 9.17) is 16.3 Å². The number of aliphatic hydroxyl groups is 1. The van der Waals surface area contributed by atoms with Crippen LogP contribution in [-0.2, 0) is 19.5 Å². The fourth-order valence-corrected chi connectivity index (χ4v) is 4.85. The number of likely N-dealkylation sites (N-methyl/N-ethyl adjacent to an activating group) is 1. The van der Waals surface area contributed by atoms with Gasteiger partial charge >= 0.3 is 12.2 Å². The molecule has 0 spiro atoms. The molecule has 1 aliphatic heterocycles. The number of halogens is 4. The van der Waals surface area contributed by atoms with Gasteiger partial charge < -0.3 is 24.6 Å². The molecule has 0 bridgehead atoms.